The lowest BCUT2D eigenvalue weighted by Crippen LogP contribution is -2.61. The standard InChI is InChI=1S/C27H48N2O2/c1-6-18-22-15-16(2)11-13-27(22,5)21-12-14-26(4)19(17(3)7-10-23(30)29-28)8-9-20(26)24(21)25(18)31/h16-22,24-25,31H,6-15,28H2,1-5H3,(H,29,30)/t16-,17-,18-,19-,20+,21+,22+,24+,25-,26-,27-/m1/s1. The Morgan fingerprint density at radius 1 is 1.10 bits per heavy atom. The molecule has 11 atom stereocenters. The van der Waals surface area contributed by atoms with Crippen molar-refractivity contribution in [3.63, 3.8) is 0 Å². The lowest BCUT2D eigenvalue weighted by Gasteiger charge is -2.65. The summed E-state index contributed by atoms with van der Waals surface area (Å²) in [6.45, 7) is 12.2. The van der Waals surface area contributed by atoms with E-state index in [1.54, 1.807) is 0 Å². The van der Waals surface area contributed by atoms with Gasteiger partial charge in [-0.3, -0.25) is 10.2 Å². The molecule has 4 saturated carbocycles. The average Bonchev–Trinajstić information content (AvgIpc) is 3.10. The maximum Gasteiger partial charge on any atom is 0.233 e. The van der Waals surface area contributed by atoms with Gasteiger partial charge in [0.05, 0.1) is 6.10 Å². The minimum Gasteiger partial charge on any atom is -0.393 e. The van der Waals surface area contributed by atoms with Crippen molar-refractivity contribution < 1.29 is 9.90 Å². The summed E-state index contributed by atoms with van der Waals surface area (Å²) in [6.07, 6.45) is 11.6. The van der Waals surface area contributed by atoms with Gasteiger partial charge in [-0.1, -0.05) is 47.5 Å². The van der Waals surface area contributed by atoms with Crippen LogP contribution in [0.5, 0.6) is 0 Å². The van der Waals surface area contributed by atoms with Crippen LogP contribution in [0, 0.1) is 58.2 Å². The number of hydrogen-bond acceptors (Lipinski definition) is 3. The number of hydrogen-bond donors (Lipinski definition) is 3. The molecular formula is C27H48N2O2. The van der Waals surface area contributed by atoms with Gasteiger partial charge in [0, 0.05) is 6.42 Å². The van der Waals surface area contributed by atoms with E-state index in [1.165, 1.54) is 44.9 Å². The van der Waals surface area contributed by atoms with E-state index >= 15 is 0 Å². The lowest BCUT2D eigenvalue weighted by molar-refractivity contribution is -0.198. The predicted molar refractivity (Wildman–Crippen MR) is 126 cm³/mol. The van der Waals surface area contributed by atoms with E-state index in [9.17, 15) is 9.90 Å². The maximum atomic E-state index is 11.8. The van der Waals surface area contributed by atoms with Crippen LogP contribution in [0.1, 0.15) is 98.8 Å². The monoisotopic (exact) mass is 432 g/mol. The predicted octanol–water partition coefficient (Wildman–Crippen LogP) is 5.29. The zero-order valence-corrected chi connectivity index (χ0v) is 20.7. The van der Waals surface area contributed by atoms with Crippen molar-refractivity contribution in [1.29, 1.82) is 0 Å². The summed E-state index contributed by atoms with van der Waals surface area (Å²) in [5, 5.41) is 11.8. The highest BCUT2D eigenvalue weighted by molar-refractivity contribution is 5.75. The van der Waals surface area contributed by atoms with Crippen LogP contribution >= 0.6 is 0 Å². The molecule has 0 aromatic rings. The van der Waals surface area contributed by atoms with Crippen LogP contribution in [0.25, 0.3) is 0 Å². The Bertz CT molecular complexity index is 668. The van der Waals surface area contributed by atoms with Crippen molar-refractivity contribution in [2.75, 3.05) is 0 Å². The molecule has 4 fully saturated rings. The largest absolute Gasteiger partial charge is 0.393 e. The Balaban J connectivity index is 1.58. The fraction of sp³-hybridized carbons (Fsp3) is 0.963. The normalized spacial score (nSPS) is 50.2. The summed E-state index contributed by atoms with van der Waals surface area (Å²) in [7, 11) is 0. The molecule has 4 aliphatic carbocycles. The lowest BCUT2D eigenvalue weighted by atomic mass is 9.41. The molecule has 0 aliphatic heterocycles. The topological polar surface area (TPSA) is 75.3 Å². The van der Waals surface area contributed by atoms with Gasteiger partial charge in [-0.25, -0.2) is 5.84 Å². The molecule has 0 saturated heterocycles. The second-order valence-electron chi connectivity index (χ2n) is 12.7. The van der Waals surface area contributed by atoms with E-state index in [1.807, 2.05) is 0 Å². The number of amides is 1. The molecule has 4 aliphatic rings. The maximum absolute atomic E-state index is 11.8. The summed E-state index contributed by atoms with van der Waals surface area (Å²) in [5.74, 6) is 10.2. The SMILES string of the molecule is CC[C@H]1[C@@H](O)[C@@H]2[C@H](CC[C@]3(C)[C@@H]([C@H](C)CCC(=O)NN)CC[C@@H]23)[C@@]2(C)CC[C@@H](C)C[C@@H]12. The van der Waals surface area contributed by atoms with Crippen LogP contribution in [-0.4, -0.2) is 17.1 Å². The van der Waals surface area contributed by atoms with Crippen molar-refractivity contribution in [3.05, 3.63) is 0 Å². The number of hydrazine groups is 1. The zero-order chi connectivity index (χ0) is 22.6. The summed E-state index contributed by atoms with van der Waals surface area (Å²) in [4.78, 5) is 11.7. The van der Waals surface area contributed by atoms with Crippen LogP contribution in [0.3, 0.4) is 0 Å². The van der Waals surface area contributed by atoms with Crippen LogP contribution in [0.15, 0.2) is 0 Å². The number of aliphatic hydroxyl groups excluding tert-OH is 1. The molecule has 178 valence electrons. The second kappa shape index (κ2) is 8.63. The molecule has 4 nitrogen and oxygen atoms in total. The van der Waals surface area contributed by atoms with E-state index in [0.29, 0.717) is 58.7 Å². The Kier molecular flexibility index (Phi) is 6.55. The first-order valence-electron chi connectivity index (χ1n) is 13.3. The molecular weight excluding hydrogens is 384 g/mol. The molecule has 0 bridgehead atoms. The van der Waals surface area contributed by atoms with E-state index in [4.69, 9.17) is 5.84 Å². The molecule has 0 aromatic heterocycles. The third-order valence-electron chi connectivity index (χ3n) is 11.4. The van der Waals surface area contributed by atoms with Gasteiger partial charge in [0.2, 0.25) is 5.91 Å². The number of carbonyl (C=O) groups is 1. The molecule has 1 amide bonds. The van der Waals surface area contributed by atoms with Crippen LogP contribution < -0.4 is 11.3 Å². The van der Waals surface area contributed by atoms with Gasteiger partial charge in [0.25, 0.3) is 0 Å². The van der Waals surface area contributed by atoms with E-state index in [2.05, 4.69) is 40.0 Å². The van der Waals surface area contributed by atoms with Crippen molar-refractivity contribution in [3.8, 4) is 0 Å². The van der Waals surface area contributed by atoms with E-state index in [-0.39, 0.29) is 12.0 Å². The first-order chi connectivity index (χ1) is 14.7. The highest BCUT2D eigenvalue weighted by atomic mass is 16.3. The van der Waals surface area contributed by atoms with Crippen LogP contribution in [0.2, 0.25) is 0 Å². The number of carbonyl (C=O) groups excluding carboxylic acids is 1. The molecule has 0 radical (unpaired) electrons. The number of fused-ring (bicyclic) bond motifs is 5. The van der Waals surface area contributed by atoms with Gasteiger partial charge in [0.15, 0.2) is 0 Å². The van der Waals surface area contributed by atoms with Gasteiger partial charge < -0.3 is 5.11 Å². The Morgan fingerprint density at radius 2 is 1.77 bits per heavy atom. The Morgan fingerprint density at radius 3 is 2.45 bits per heavy atom. The van der Waals surface area contributed by atoms with Gasteiger partial charge in [-0.2, -0.15) is 0 Å². The molecule has 0 aromatic carbocycles. The number of rotatable bonds is 5. The van der Waals surface area contributed by atoms with E-state index in [0.717, 1.165) is 18.8 Å². The quantitative estimate of drug-likeness (QED) is 0.314. The van der Waals surface area contributed by atoms with Crippen molar-refractivity contribution in [2.24, 2.45) is 64.0 Å². The van der Waals surface area contributed by atoms with Crippen LogP contribution in [0.4, 0.5) is 0 Å². The highest BCUT2D eigenvalue weighted by Crippen LogP contribution is 2.69. The van der Waals surface area contributed by atoms with Crippen molar-refractivity contribution in [1.82, 2.24) is 5.43 Å². The minimum absolute atomic E-state index is 0.0470. The van der Waals surface area contributed by atoms with Crippen molar-refractivity contribution >= 4 is 5.91 Å². The fourth-order valence-corrected chi connectivity index (χ4v) is 9.78. The molecule has 4 heteroatoms. The fourth-order valence-electron chi connectivity index (χ4n) is 9.78. The van der Waals surface area contributed by atoms with E-state index < -0.39 is 0 Å². The van der Waals surface area contributed by atoms with Gasteiger partial charge in [-0.15, -0.1) is 0 Å². The highest BCUT2D eigenvalue weighted by Gasteiger charge is 2.64. The molecule has 0 unspecified atom stereocenters. The first kappa shape index (κ1) is 23.5. The zero-order valence-electron chi connectivity index (χ0n) is 20.7. The Labute approximate surface area is 190 Å². The Hall–Kier alpha value is -0.610. The second-order valence-corrected chi connectivity index (χ2v) is 12.7. The third kappa shape index (κ3) is 3.68. The third-order valence-corrected chi connectivity index (χ3v) is 11.4. The van der Waals surface area contributed by atoms with Gasteiger partial charge in [-0.05, 0) is 103 Å². The molecule has 0 heterocycles. The smallest absolute Gasteiger partial charge is 0.233 e. The minimum atomic E-state index is -0.125. The first-order valence-corrected chi connectivity index (χ1v) is 13.3. The summed E-state index contributed by atoms with van der Waals surface area (Å²) in [6, 6.07) is 0. The van der Waals surface area contributed by atoms with Crippen LogP contribution in [-0.2, 0) is 4.79 Å². The molecule has 31 heavy (non-hydrogen) atoms. The summed E-state index contributed by atoms with van der Waals surface area (Å²) >= 11 is 0. The number of nitrogens with one attached hydrogen (secondary N) is 1. The number of aliphatic hydroxyl groups is 1. The molecule has 0 spiro atoms. The van der Waals surface area contributed by atoms with Gasteiger partial charge in [0.1, 0.15) is 0 Å². The summed E-state index contributed by atoms with van der Waals surface area (Å²) < 4.78 is 0. The number of nitrogens with two attached hydrogens (primary N) is 1. The van der Waals surface area contributed by atoms with Crippen molar-refractivity contribution in [2.45, 2.75) is 105 Å². The average molecular weight is 433 g/mol. The molecule has 4 N–H and O–H groups in total. The summed E-state index contributed by atoms with van der Waals surface area (Å²) in [5.41, 5.74) is 3.02. The molecule has 4 rings (SSSR count). The van der Waals surface area contributed by atoms with Gasteiger partial charge >= 0.3 is 0 Å².